The first-order valence-electron chi connectivity index (χ1n) is 10.8. The summed E-state index contributed by atoms with van der Waals surface area (Å²) in [6.45, 7) is 0.0955. The maximum absolute atomic E-state index is 13.1. The Morgan fingerprint density at radius 3 is 2.30 bits per heavy atom. The number of hydrogen-bond acceptors (Lipinski definition) is 5. The molecule has 0 spiro atoms. The Labute approximate surface area is 192 Å². The number of carbonyl (C=O) groups excluding carboxylic acids is 2. The Hall–Kier alpha value is -3.84. The van der Waals surface area contributed by atoms with E-state index in [4.69, 9.17) is 9.47 Å². The van der Waals surface area contributed by atoms with E-state index in [0.717, 1.165) is 16.7 Å². The van der Waals surface area contributed by atoms with Crippen LogP contribution in [0.5, 0.6) is 5.75 Å². The van der Waals surface area contributed by atoms with Gasteiger partial charge in [0.25, 0.3) is 0 Å². The van der Waals surface area contributed by atoms with Crippen LogP contribution in [0.2, 0.25) is 0 Å². The van der Waals surface area contributed by atoms with Crippen LogP contribution in [0.15, 0.2) is 84.9 Å². The molecule has 0 saturated carbocycles. The molecular formula is C26H26N2O5. The van der Waals surface area contributed by atoms with Gasteiger partial charge in [0.2, 0.25) is 12.2 Å². The number of carbonyl (C=O) groups is 2. The van der Waals surface area contributed by atoms with Gasteiger partial charge in [0.1, 0.15) is 18.4 Å². The highest BCUT2D eigenvalue weighted by Crippen LogP contribution is 2.26. The number of nitrogens with one attached hydrogen (secondary N) is 2. The van der Waals surface area contributed by atoms with Crippen molar-refractivity contribution in [2.45, 2.75) is 37.8 Å². The van der Waals surface area contributed by atoms with E-state index in [1.165, 1.54) is 0 Å². The van der Waals surface area contributed by atoms with Crippen LogP contribution in [0.3, 0.4) is 0 Å². The van der Waals surface area contributed by atoms with E-state index >= 15 is 0 Å². The first-order valence-corrected chi connectivity index (χ1v) is 10.8. The van der Waals surface area contributed by atoms with Gasteiger partial charge in [-0.05, 0) is 22.8 Å². The number of amides is 2. The summed E-state index contributed by atoms with van der Waals surface area (Å²) in [5.41, 5.74) is 2.62. The van der Waals surface area contributed by atoms with Crippen LogP contribution in [0.25, 0.3) is 0 Å². The molecule has 7 heteroatoms. The molecule has 1 aliphatic rings. The van der Waals surface area contributed by atoms with Crippen LogP contribution in [-0.4, -0.2) is 35.5 Å². The first kappa shape index (κ1) is 22.4. The minimum Gasteiger partial charge on any atom is -0.463 e. The third-order valence-corrected chi connectivity index (χ3v) is 5.44. The van der Waals surface area contributed by atoms with Gasteiger partial charge in [0, 0.05) is 12.8 Å². The zero-order valence-corrected chi connectivity index (χ0v) is 18.0. The van der Waals surface area contributed by atoms with Gasteiger partial charge in [-0.15, -0.1) is 0 Å². The first-order chi connectivity index (χ1) is 16.1. The third-order valence-electron chi connectivity index (χ3n) is 5.44. The summed E-state index contributed by atoms with van der Waals surface area (Å²) >= 11 is 0. The van der Waals surface area contributed by atoms with Gasteiger partial charge in [-0.3, -0.25) is 4.79 Å². The van der Waals surface area contributed by atoms with Crippen molar-refractivity contribution in [3.8, 4) is 5.75 Å². The molecule has 7 nitrogen and oxygen atoms in total. The van der Waals surface area contributed by atoms with Gasteiger partial charge in [0.15, 0.2) is 0 Å². The molecule has 3 atom stereocenters. The van der Waals surface area contributed by atoms with E-state index in [2.05, 4.69) is 10.6 Å². The largest absolute Gasteiger partial charge is 0.463 e. The van der Waals surface area contributed by atoms with Gasteiger partial charge in [-0.25, -0.2) is 4.79 Å². The van der Waals surface area contributed by atoms with Crippen molar-refractivity contribution in [3.05, 3.63) is 102 Å². The Kier molecular flexibility index (Phi) is 7.22. The molecule has 4 rings (SSSR count). The second kappa shape index (κ2) is 10.7. The molecule has 3 aromatic rings. The van der Waals surface area contributed by atoms with E-state index in [-0.39, 0.29) is 13.0 Å². The molecule has 170 valence electrons. The number of aliphatic hydroxyl groups excluding tert-OH is 1. The average Bonchev–Trinajstić information content (AvgIpc) is 2.84. The maximum Gasteiger partial charge on any atom is 0.408 e. The highest BCUT2D eigenvalue weighted by atomic mass is 16.6. The fraction of sp³-hybridized carbons (Fsp3) is 0.231. The number of alkyl carbamates (subject to hydrolysis) is 1. The topological polar surface area (TPSA) is 96.9 Å². The van der Waals surface area contributed by atoms with Crippen molar-refractivity contribution in [1.29, 1.82) is 0 Å². The Morgan fingerprint density at radius 2 is 1.58 bits per heavy atom. The monoisotopic (exact) mass is 446 g/mol. The molecular weight excluding hydrogens is 420 g/mol. The lowest BCUT2D eigenvalue weighted by molar-refractivity contribution is -0.128. The molecule has 2 unspecified atom stereocenters. The van der Waals surface area contributed by atoms with Gasteiger partial charge in [-0.1, -0.05) is 78.9 Å². The predicted molar refractivity (Wildman–Crippen MR) is 122 cm³/mol. The number of rotatable bonds is 7. The lowest BCUT2D eigenvalue weighted by atomic mass is 10.00. The van der Waals surface area contributed by atoms with E-state index in [0.29, 0.717) is 12.2 Å². The summed E-state index contributed by atoms with van der Waals surface area (Å²) in [4.78, 5) is 25.6. The van der Waals surface area contributed by atoms with Crippen LogP contribution in [-0.2, 0) is 29.0 Å². The normalized spacial score (nSPS) is 17.7. The minimum atomic E-state index is -1.19. The van der Waals surface area contributed by atoms with E-state index < -0.39 is 30.4 Å². The van der Waals surface area contributed by atoms with Gasteiger partial charge in [-0.2, -0.15) is 0 Å². The quantitative estimate of drug-likeness (QED) is 0.519. The molecule has 0 bridgehead atoms. The standard InChI is InChI=1S/C26H26N2O5/c29-24(27-22-16-20-13-7-8-14-23(20)33-25(22)30)21(15-18-9-3-1-4-10-18)28-26(31)32-17-19-11-5-2-6-12-19/h1-14,21-22,25,30H,15-17H2,(H,27,29)(H,28,31)/t21-,22?,25?/m0/s1. The fourth-order valence-electron chi connectivity index (χ4n) is 3.71. The lowest BCUT2D eigenvalue weighted by Gasteiger charge is -2.31. The van der Waals surface area contributed by atoms with E-state index in [1.807, 2.05) is 78.9 Å². The number of aliphatic hydroxyl groups is 1. The van der Waals surface area contributed by atoms with Crippen molar-refractivity contribution in [2.24, 2.45) is 0 Å². The number of benzene rings is 3. The molecule has 1 heterocycles. The van der Waals surface area contributed by atoms with Crippen LogP contribution in [0.4, 0.5) is 4.79 Å². The summed E-state index contributed by atoms with van der Waals surface area (Å²) in [6, 6.07) is 24.5. The zero-order chi connectivity index (χ0) is 23.0. The Balaban J connectivity index is 1.42. The maximum atomic E-state index is 13.1. The lowest BCUT2D eigenvalue weighted by Crippen LogP contribution is -2.56. The van der Waals surface area contributed by atoms with E-state index in [9.17, 15) is 14.7 Å². The molecule has 0 saturated heterocycles. The van der Waals surface area contributed by atoms with Crippen molar-refractivity contribution < 1.29 is 24.2 Å². The molecule has 0 fully saturated rings. The molecule has 0 radical (unpaired) electrons. The zero-order valence-electron chi connectivity index (χ0n) is 18.0. The summed E-state index contributed by atoms with van der Waals surface area (Å²) in [6.07, 6.45) is -1.19. The number of ether oxygens (including phenoxy) is 2. The Morgan fingerprint density at radius 1 is 0.939 bits per heavy atom. The van der Waals surface area contributed by atoms with Gasteiger partial charge >= 0.3 is 6.09 Å². The number of para-hydroxylation sites is 1. The Bertz CT molecular complexity index is 1070. The summed E-state index contributed by atoms with van der Waals surface area (Å²) in [5, 5.41) is 15.9. The summed E-state index contributed by atoms with van der Waals surface area (Å²) in [5.74, 6) is 0.168. The van der Waals surface area contributed by atoms with E-state index in [1.54, 1.807) is 6.07 Å². The van der Waals surface area contributed by atoms with Gasteiger partial charge < -0.3 is 25.2 Å². The molecule has 2 amide bonds. The smallest absolute Gasteiger partial charge is 0.408 e. The molecule has 1 aliphatic heterocycles. The van der Waals surface area contributed by atoms with Crippen LogP contribution in [0, 0.1) is 0 Å². The molecule has 0 aliphatic carbocycles. The predicted octanol–water partition coefficient (Wildman–Crippen LogP) is 2.96. The summed E-state index contributed by atoms with van der Waals surface area (Å²) in [7, 11) is 0. The van der Waals surface area contributed by atoms with Gasteiger partial charge in [0.05, 0.1) is 6.04 Å². The molecule has 0 aromatic heterocycles. The van der Waals surface area contributed by atoms with Crippen LogP contribution >= 0.6 is 0 Å². The van der Waals surface area contributed by atoms with Crippen LogP contribution < -0.4 is 15.4 Å². The average molecular weight is 447 g/mol. The van der Waals surface area contributed by atoms with Crippen molar-refractivity contribution in [1.82, 2.24) is 10.6 Å². The summed E-state index contributed by atoms with van der Waals surface area (Å²) < 4.78 is 10.8. The SMILES string of the molecule is O=C(N[C@@H](Cc1ccccc1)C(=O)NC1Cc2ccccc2OC1O)OCc1ccccc1. The van der Waals surface area contributed by atoms with Crippen molar-refractivity contribution in [2.75, 3.05) is 0 Å². The highest BCUT2D eigenvalue weighted by molar-refractivity contribution is 5.86. The van der Waals surface area contributed by atoms with Crippen molar-refractivity contribution in [3.63, 3.8) is 0 Å². The molecule has 3 N–H and O–H groups in total. The fourth-order valence-corrected chi connectivity index (χ4v) is 3.71. The number of hydrogen-bond donors (Lipinski definition) is 3. The van der Waals surface area contributed by atoms with Crippen molar-refractivity contribution >= 4 is 12.0 Å². The third kappa shape index (κ3) is 6.11. The number of fused-ring (bicyclic) bond motifs is 1. The second-order valence-electron chi connectivity index (χ2n) is 7.88. The van der Waals surface area contributed by atoms with Crippen LogP contribution in [0.1, 0.15) is 16.7 Å². The molecule has 33 heavy (non-hydrogen) atoms. The second-order valence-corrected chi connectivity index (χ2v) is 7.88. The highest BCUT2D eigenvalue weighted by Gasteiger charge is 2.32. The molecule has 3 aromatic carbocycles. The minimum absolute atomic E-state index is 0.0955.